The lowest BCUT2D eigenvalue weighted by molar-refractivity contribution is -0.143. The number of ketones is 1. The van der Waals surface area contributed by atoms with Gasteiger partial charge >= 0.3 is 6.09 Å². The van der Waals surface area contributed by atoms with E-state index < -0.39 is 41.8 Å². The van der Waals surface area contributed by atoms with Crippen molar-refractivity contribution in [3.8, 4) is 0 Å². The van der Waals surface area contributed by atoms with Crippen molar-refractivity contribution in [3.63, 3.8) is 0 Å². The number of nitrogens with zero attached hydrogens (tertiary/aromatic N) is 1. The van der Waals surface area contributed by atoms with Crippen molar-refractivity contribution in [1.29, 1.82) is 0 Å². The zero-order chi connectivity index (χ0) is 28.4. The summed E-state index contributed by atoms with van der Waals surface area (Å²) in [5.74, 6) is -2.61. The molecule has 3 N–H and O–H groups in total. The highest BCUT2D eigenvalue weighted by molar-refractivity contribution is 6.38. The largest absolute Gasteiger partial charge is 0.447 e. The van der Waals surface area contributed by atoms with Gasteiger partial charge in [-0.15, -0.1) is 0 Å². The Hall–Kier alpha value is -3.43. The number of hydrogen-bond acceptors (Lipinski definition) is 6. The summed E-state index contributed by atoms with van der Waals surface area (Å²) in [6, 6.07) is 6.22. The quantitative estimate of drug-likeness (QED) is 0.356. The molecule has 38 heavy (non-hydrogen) atoms. The molecule has 1 heterocycles. The van der Waals surface area contributed by atoms with Gasteiger partial charge in [0.1, 0.15) is 12.1 Å². The van der Waals surface area contributed by atoms with Gasteiger partial charge in [0.05, 0.1) is 18.2 Å². The van der Waals surface area contributed by atoms with E-state index in [4.69, 9.17) is 4.74 Å². The lowest BCUT2D eigenvalue weighted by atomic mass is 10.0. The second kappa shape index (κ2) is 14.5. The summed E-state index contributed by atoms with van der Waals surface area (Å²) in [5, 5.41) is 8.04. The highest BCUT2D eigenvalue weighted by Crippen LogP contribution is 2.21. The van der Waals surface area contributed by atoms with Gasteiger partial charge in [-0.25, -0.2) is 4.79 Å². The number of ether oxygens (including phenoxy) is 1. The Kier molecular flexibility index (Phi) is 11.7. The average molecular weight is 531 g/mol. The summed E-state index contributed by atoms with van der Waals surface area (Å²) in [7, 11) is 0. The number of benzene rings is 1. The van der Waals surface area contributed by atoms with E-state index in [1.165, 1.54) is 4.90 Å². The maximum atomic E-state index is 13.4. The summed E-state index contributed by atoms with van der Waals surface area (Å²) in [6.45, 7) is 11.0. The fourth-order valence-corrected chi connectivity index (χ4v) is 4.45. The number of carbonyl (C=O) groups excluding carboxylic acids is 5. The molecule has 0 aliphatic carbocycles. The Morgan fingerprint density at radius 3 is 2.21 bits per heavy atom. The first-order valence-electron chi connectivity index (χ1n) is 13.4. The Bertz CT molecular complexity index is 981. The number of rotatable bonds is 12. The topological polar surface area (TPSA) is 134 Å². The van der Waals surface area contributed by atoms with Gasteiger partial charge in [0.15, 0.2) is 0 Å². The molecule has 1 aliphatic heterocycles. The molecule has 10 nitrogen and oxygen atoms in total. The first-order valence-corrected chi connectivity index (χ1v) is 13.4. The number of alkyl carbamates (subject to hydrolysis) is 1. The normalized spacial score (nSPS) is 17.5. The van der Waals surface area contributed by atoms with Gasteiger partial charge in [-0.05, 0) is 51.5 Å². The van der Waals surface area contributed by atoms with E-state index in [1.54, 1.807) is 34.6 Å². The summed E-state index contributed by atoms with van der Waals surface area (Å²) >= 11 is 0. The monoisotopic (exact) mass is 530 g/mol. The van der Waals surface area contributed by atoms with Crippen molar-refractivity contribution in [3.05, 3.63) is 35.9 Å². The van der Waals surface area contributed by atoms with Crippen LogP contribution in [0.3, 0.4) is 0 Å². The smallest absolute Gasteiger partial charge is 0.408 e. The highest BCUT2D eigenvalue weighted by atomic mass is 16.6. The third-order valence-electron chi connectivity index (χ3n) is 6.47. The van der Waals surface area contributed by atoms with Crippen molar-refractivity contribution < 1.29 is 28.7 Å². The van der Waals surface area contributed by atoms with Crippen LogP contribution in [0.15, 0.2) is 30.3 Å². The summed E-state index contributed by atoms with van der Waals surface area (Å²) in [6.07, 6.45) is 0.842. The van der Waals surface area contributed by atoms with Crippen molar-refractivity contribution in [2.75, 3.05) is 6.54 Å². The van der Waals surface area contributed by atoms with Gasteiger partial charge in [0.25, 0.3) is 5.91 Å². The van der Waals surface area contributed by atoms with Crippen molar-refractivity contribution >= 4 is 29.6 Å². The van der Waals surface area contributed by atoms with Gasteiger partial charge in [0, 0.05) is 6.54 Å². The third kappa shape index (κ3) is 8.56. The second-order valence-corrected chi connectivity index (χ2v) is 10.3. The van der Waals surface area contributed by atoms with Crippen LogP contribution in [0.2, 0.25) is 0 Å². The van der Waals surface area contributed by atoms with Crippen LogP contribution >= 0.6 is 0 Å². The number of likely N-dealkylation sites (tertiary alicyclic amines) is 1. The van der Waals surface area contributed by atoms with E-state index in [2.05, 4.69) is 16.0 Å². The van der Waals surface area contributed by atoms with E-state index in [-0.39, 0.29) is 30.4 Å². The van der Waals surface area contributed by atoms with Crippen molar-refractivity contribution in [1.82, 2.24) is 20.9 Å². The number of carbonyl (C=O) groups is 5. The van der Waals surface area contributed by atoms with Crippen LogP contribution in [0.25, 0.3) is 0 Å². The zero-order valence-electron chi connectivity index (χ0n) is 23.3. The standard InChI is InChI=1S/C28H42N4O6/c1-7-12-21(24(33)26(35)29-19(6)20-13-9-8-10-14-20)30-25(34)22-15-11-16-32(22)27(36)23(17(2)3)31-28(37)38-18(4)5/h8-10,13-14,17-19,21-23H,7,11-12,15-16H2,1-6H3,(H,29,35)(H,30,34)(H,31,37)/t19-,21+,22-,23-/m0/s1. The van der Waals surface area contributed by atoms with Crippen LogP contribution < -0.4 is 16.0 Å². The molecule has 4 atom stereocenters. The van der Waals surface area contributed by atoms with E-state index >= 15 is 0 Å². The van der Waals surface area contributed by atoms with Crippen molar-refractivity contribution in [2.24, 2.45) is 5.92 Å². The first-order chi connectivity index (χ1) is 18.0. The molecule has 210 valence electrons. The summed E-state index contributed by atoms with van der Waals surface area (Å²) < 4.78 is 5.13. The number of Topliss-reactive ketones (excluding diaryl/α,β-unsaturated/α-hetero) is 1. The summed E-state index contributed by atoms with van der Waals surface area (Å²) in [4.78, 5) is 66.0. The highest BCUT2D eigenvalue weighted by Gasteiger charge is 2.40. The predicted molar refractivity (Wildman–Crippen MR) is 143 cm³/mol. The third-order valence-corrected chi connectivity index (χ3v) is 6.47. The molecular weight excluding hydrogens is 488 g/mol. The average Bonchev–Trinajstić information content (AvgIpc) is 3.36. The van der Waals surface area contributed by atoms with Crippen molar-refractivity contribution in [2.45, 2.75) is 97.5 Å². The van der Waals surface area contributed by atoms with Gasteiger partial charge < -0.3 is 25.6 Å². The van der Waals surface area contributed by atoms with E-state index in [1.807, 2.05) is 37.3 Å². The van der Waals surface area contributed by atoms with Gasteiger partial charge in [-0.1, -0.05) is 57.5 Å². The number of hydrogen-bond donors (Lipinski definition) is 3. The maximum Gasteiger partial charge on any atom is 0.408 e. The minimum Gasteiger partial charge on any atom is -0.447 e. The molecule has 0 bridgehead atoms. The Morgan fingerprint density at radius 2 is 1.63 bits per heavy atom. The SMILES string of the molecule is CCC[C@@H](NC(=O)[C@@H]1CCCN1C(=O)[C@@H](NC(=O)OC(C)C)C(C)C)C(=O)C(=O)N[C@@H](C)c1ccccc1. The molecule has 0 unspecified atom stereocenters. The Balaban J connectivity index is 2.09. The Labute approximate surface area is 225 Å². The van der Waals surface area contributed by atoms with Crippen LogP contribution in [0.5, 0.6) is 0 Å². The molecule has 1 aliphatic rings. The van der Waals surface area contributed by atoms with E-state index in [0.717, 1.165) is 5.56 Å². The molecule has 1 aromatic carbocycles. The molecule has 4 amide bonds. The van der Waals surface area contributed by atoms with Gasteiger partial charge in [-0.2, -0.15) is 0 Å². The van der Waals surface area contributed by atoms with Crippen LogP contribution in [-0.2, 0) is 23.9 Å². The Morgan fingerprint density at radius 1 is 0.974 bits per heavy atom. The molecule has 0 aromatic heterocycles. The fourth-order valence-electron chi connectivity index (χ4n) is 4.45. The molecule has 0 saturated carbocycles. The maximum absolute atomic E-state index is 13.4. The molecular formula is C28H42N4O6. The zero-order valence-corrected chi connectivity index (χ0v) is 23.3. The van der Waals surface area contributed by atoms with E-state index in [0.29, 0.717) is 25.8 Å². The lowest BCUT2D eigenvalue weighted by Crippen LogP contribution is -2.57. The van der Waals surface area contributed by atoms with Gasteiger partial charge in [0.2, 0.25) is 17.6 Å². The number of nitrogens with one attached hydrogen (secondary N) is 3. The molecule has 2 rings (SSSR count). The van der Waals surface area contributed by atoms with E-state index in [9.17, 15) is 24.0 Å². The lowest BCUT2D eigenvalue weighted by Gasteiger charge is -2.31. The fraction of sp³-hybridized carbons (Fsp3) is 0.607. The summed E-state index contributed by atoms with van der Waals surface area (Å²) in [5.41, 5.74) is 0.857. The minimum absolute atomic E-state index is 0.240. The van der Waals surface area contributed by atoms with Crippen LogP contribution in [-0.4, -0.2) is 65.3 Å². The molecule has 0 spiro atoms. The second-order valence-electron chi connectivity index (χ2n) is 10.3. The van der Waals surface area contributed by atoms with Gasteiger partial charge in [-0.3, -0.25) is 19.2 Å². The molecule has 10 heteroatoms. The van der Waals surface area contributed by atoms with Crippen LogP contribution in [0.1, 0.15) is 78.8 Å². The van der Waals surface area contributed by atoms with Crippen LogP contribution in [0, 0.1) is 5.92 Å². The number of amides is 4. The molecule has 1 saturated heterocycles. The first kappa shape index (κ1) is 30.8. The molecule has 1 aromatic rings. The minimum atomic E-state index is -1.01. The molecule has 0 radical (unpaired) electrons. The molecule has 1 fully saturated rings. The predicted octanol–water partition coefficient (Wildman–Crippen LogP) is 2.87. The van der Waals surface area contributed by atoms with Crippen LogP contribution in [0.4, 0.5) is 4.79 Å².